The molecule has 0 bridgehead atoms. The van der Waals surface area contributed by atoms with Crippen LogP contribution in [0.2, 0.25) is 0 Å². The summed E-state index contributed by atoms with van der Waals surface area (Å²) >= 11 is 1.07. The number of anilines is 2. The zero-order chi connectivity index (χ0) is 14.6. The van der Waals surface area contributed by atoms with Gasteiger partial charge in [0.1, 0.15) is 9.90 Å². The first kappa shape index (κ1) is 15.5. The second-order valence-electron chi connectivity index (χ2n) is 5.06. The Hall–Kier alpha value is -0.860. The van der Waals surface area contributed by atoms with E-state index in [2.05, 4.69) is 9.69 Å². The molecule has 1 aromatic rings. The Morgan fingerprint density at radius 1 is 1.40 bits per heavy atom. The minimum atomic E-state index is -3.36. The van der Waals surface area contributed by atoms with Crippen molar-refractivity contribution in [3.63, 3.8) is 0 Å². The zero-order valence-corrected chi connectivity index (χ0v) is 13.2. The number of hydrogen-bond acceptors (Lipinski definition) is 7. The average molecular weight is 319 g/mol. The Bertz CT molecular complexity index is 536. The summed E-state index contributed by atoms with van der Waals surface area (Å²) in [4.78, 5) is 0.0974. The van der Waals surface area contributed by atoms with Gasteiger partial charge in [0.2, 0.25) is 0 Å². The van der Waals surface area contributed by atoms with E-state index in [0.29, 0.717) is 24.3 Å². The van der Waals surface area contributed by atoms with Gasteiger partial charge in [-0.15, -0.1) is 0 Å². The Labute approximate surface area is 123 Å². The quantitative estimate of drug-likeness (QED) is 0.778. The summed E-state index contributed by atoms with van der Waals surface area (Å²) in [5.41, 5.74) is 5.60. The molecule has 2 rings (SSSR count). The number of hydrogen-bond donors (Lipinski definition) is 2. The van der Waals surface area contributed by atoms with Crippen LogP contribution in [-0.4, -0.2) is 38.3 Å². The van der Waals surface area contributed by atoms with Gasteiger partial charge in [-0.25, -0.2) is 8.42 Å². The lowest BCUT2D eigenvalue weighted by atomic mass is 9.98. The van der Waals surface area contributed by atoms with Crippen LogP contribution in [0.15, 0.2) is 4.90 Å². The van der Waals surface area contributed by atoms with Crippen LogP contribution in [0.1, 0.15) is 32.1 Å². The molecule has 0 saturated heterocycles. The lowest BCUT2D eigenvalue weighted by molar-refractivity contribution is 0.0347. The fourth-order valence-corrected chi connectivity index (χ4v) is 4.48. The minimum Gasteiger partial charge on any atom is -0.382 e. The molecule has 3 N–H and O–H groups in total. The Balaban J connectivity index is 1.82. The third-order valence-electron chi connectivity index (χ3n) is 3.34. The molecule has 0 aromatic carbocycles. The van der Waals surface area contributed by atoms with Crippen molar-refractivity contribution in [2.24, 2.45) is 0 Å². The molecule has 1 heterocycles. The number of nitrogens with two attached hydrogens (primary N) is 1. The number of nitrogen functional groups attached to an aromatic ring is 1. The third-order valence-corrected chi connectivity index (χ3v) is 5.44. The van der Waals surface area contributed by atoms with E-state index in [1.54, 1.807) is 0 Å². The van der Waals surface area contributed by atoms with Crippen LogP contribution in [-0.2, 0) is 14.6 Å². The fourth-order valence-electron chi connectivity index (χ4n) is 2.39. The molecule has 1 fully saturated rings. The molecule has 0 aliphatic heterocycles. The van der Waals surface area contributed by atoms with Crippen LogP contribution in [0.25, 0.3) is 0 Å². The maximum Gasteiger partial charge on any atom is 0.182 e. The number of rotatable bonds is 6. The Morgan fingerprint density at radius 3 is 2.75 bits per heavy atom. The second kappa shape index (κ2) is 6.73. The maximum atomic E-state index is 11.6. The normalized spacial score (nSPS) is 17.2. The van der Waals surface area contributed by atoms with E-state index < -0.39 is 9.84 Å². The number of nitrogens with one attached hydrogen (secondary N) is 1. The van der Waals surface area contributed by atoms with Crippen molar-refractivity contribution in [2.75, 3.05) is 30.5 Å². The molecule has 0 unspecified atom stereocenters. The first-order chi connectivity index (χ1) is 9.48. The SMILES string of the molecule is CS(=O)(=O)c1c(N)nsc1NCCOC1CCCCC1. The summed E-state index contributed by atoms with van der Waals surface area (Å²) in [5, 5.41) is 3.55. The van der Waals surface area contributed by atoms with Crippen molar-refractivity contribution >= 4 is 32.2 Å². The lowest BCUT2D eigenvalue weighted by Gasteiger charge is -2.22. The van der Waals surface area contributed by atoms with Gasteiger partial charge in [0.05, 0.1) is 12.7 Å². The lowest BCUT2D eigenvalue weighted by Crippen LogP contribution is -2.20. The molecular weight excluding hydrogens is 298 g/mol. The highest BCUT2D eigenvalue weighted by Crippen LogP contribution is 2.31. The maximum absolute atomic E-state index is 11.6. The van der Waals surface area contributed by atoms with E-state index in [1.165, 1.54) is 19.3 Å². The molecule has 0 amide bonds. The van der Waals surface area contributed by atoms with Crippen molar-refractivity contribution in [1.29, 1.82) is 0 Å². The van der Waals surface area contributed by atoms with Crippen molar-refractivity contribution in [1.82, 2.24) is 4.37 Å². The fraction of sp³-hybridized carbons (Fsp3) is 0.750. The Morgan fingerprint density at radius 2 is 2.10 bits per heavy atom. The van der Waals surface area contributed by atoms with E-state index >= 15 is 0 Å². The predicted molar refractivity (Wildman–Crippen MR) is 81.0 cm³/mol. The molecule has 1 aliphatic carbocycles. The van der Waals surface area contributed by atoms with Gasteiger partial charge in [0.15, 0.2) is 15.7 Å². The van der Waals surface area contributed by atoms with Gasteiger partial charge >= 0.3 is 0 Å². The summed E-state index contributed by atoms with van der Waals surface area (Å²) in [5.74, 6) is 0.0631. The van der Waals surface area contributed by atoms with Crippen molar-refractivity contribution in [3.8, 4) is 0 Å². The molecule has 1 saturated carbocycles. The van der Waals surface area contributed by atoms with Crippen LogP contribution in [0.4, 0.5) is 10.8 Å². The third kappa shape index (κ3) is 4.07. The van der Waals surface area contributed by atoms with E-state index in [9.17, 15) is 8.42 Å². The highest BCUT2D eigenvalue weighted by Gasteiger charge is 2.21. The molecular formula is C12H21N3O3S2. The summed E-state index contributed by atoms with van der Waals surface area (Å²) in [7, 11) is -3.36. The van der Waals surface area contributed by atoms with Gasteiger partial charge in [0.25, 0.3) is 0 Å². The molecule has 0 radical (unpaired) electrons. The van der Waals surface area contributed by atoms with Crippen molar-refractivity contribution < 1.29 is 13.2 Å². The average Bonchev–Trinajstić information content (AvgIpc) is 2.77. The highest BCUT2D eigenvalue weighted by atomic mass is 32.2. The van der Waals surface area contributed by atoms with E-state index in [1.807, 2.05) is 0 Å². The molecule has 114 valence electrons. The number of aromatic nitrogens is 1. The van der Waals surface area contributed by atoms with Gasteiger partial charge in [-0.1, -0.05) is 19.3 Å². The summed E-state index contributed by atoms with van der Waals surface area (Å²) in [6.07, 6.45) is 7.52. The number of nitrogens with zero attached hydrogens (tertiary/aromatic N) is 1. The topological polar surface area (TPSA) is 94.3 Å². The van der Waals surface area contributed by atoms with Gasteiger partial charge in [-0.05, 0) is 24.4 Å². The van der Waals surface area contributed by atoms with Gasteiger partial charge in [-0.2, -0.15) is 4.37 Å². The highest BCUT2D eigenvalue weighted by molar-refractivity contribution is 7.91. The van der Waals surface area contributed by atoms with E-state index in [-0.39, 0.29) is 10.7 Å². The first-order valence-electron chi connectivity index (χ1n) is 6.79. The zero-order valence-electron chi connectivity index (χ0n) is 11.6. The van der Waals surface area contributed by atoms with Crippen LogP contribution < -0.4 is 11.1 Å². The predicted octanol–water partition coefficient (Wildman–Crippen LogP) is 1.89. The van der Waals surface area contributed by atoms with Crippen molar-refractivity contribution in [2.45, 2.75) is 43.1 Å². The van der Waals surface area contributed by atoms with Gasteiger partial charge < -0.3 is 15.8 Å². The van der Waals surface area contributed by atoms with Crippen LogP contribution in [0, 0.1) is 0 Å². The second-order valence-corrected chi connectivity index (χ2v) is 7.78. The van der Waals surface area contributed by atoms with Gasteiger partial charge in [0, 0.05) is 12.8 Å². The number of sulfone groups is 1. The molecule has 1 aromatic heterocycles. The van der Waals surface area contributed by atoms with Gasteiger partial charge in [-0.3, -0.25) is 0 Å². The summed E-state index contributed by atoms with van der Waals surface area (Å²) < 4.78 is 32.9. The largest absolute Gasteiger partial charge is 0.382 e. The van der Waals surface area contributed by atoms with E-state index in [4.69, 9.17) is 10.5 Å². The molecule has 0 spiro atoms. The molecule has 20 heavy (non-hydrogen) atoms. The molecule has 0 atom stereocenters. The monoisotopic (exact) mass is 319 g/mol. The van der Waals surface area contributed by atoms with Crippen LogP contribution in [0.5, 0.6) is 0 Å². The molecule has 6 nitrogen and oxygen atoms in total. The van der Waals surface area contributed by atoms with Crippen LogP contribution >= 0.6 is 11.5 Å². The standard InChI is InChI=1S/C12H21N3O3S2/c1-20(16,17)10-11(13)15-19-12(10)14-7-8-18-9-5-3-2-4-6-9/h9,14H,2-8H2,1H3,(H2,13,15). The Kier molecular flexibility index (Phi) is 5.22. The molecule has 1 aliphatic rings. The molecule has 8 heteroatoms. The van der Waals surface area contributed by atoms with E-state index in [0.717, 1.165) is 30.6 Å². The van der Waals surface area contributed by atoms with Crippen molar-refractivity contribution in [3.05, 3.63) is 0 Å². The smallest absolute Gasteiger partial charge is 0.182 e. The summed E-state index contributed by atoms with van der Waals surface area (Å²) in [6, 6.07) is 0. The summed E-state index contributed by atoms with van der Waals surface area (Å²) in [6.45, 7) is 1.12. The van der Waals surface area contributed by atoms with Crippen LogP contribution in [0.3, 0.4) is 0 Å². The first-order valence-corrected chi connectivity index (χ1v) is 9.45. The minimum absolute atomic E-state index is 0.0631. The number of ether oxygens (including phenoxy) is 1.